The first-order chi connectivity index (χ1) is 13.5. The number of benzene rings is 2. The highest BCUT2D eigenvalue weighted by Gasteiger charge is 2.13. The summed E-state index contributed by atoms with van der Waals surface area (Å²) in [5, 5.41) is 4.97. The molecule has 0 atom stereocenters. The molecule has 5 heteroatoms. The number of hydrogen-bond donors (Lipinski definition) is 3. The molecule has 4 nitrogen and oxygen atoms in total. The molecule has 1 amide bonds. The monoisotopic (exact) mass is 375 g/mol. The van der Waals surface area contributed by atoms with Crippen LogP contribution in [0.3, 0.4) is 0 Å². The second-order valence-electron chi connectivity index (χ2n) is 7.04. The van der Waals surface area contributed by atoms with Gasteiger partial charge in [-0.1, -0.05) is 18.2 Å². The van der Waals surface area contributed by atoms with E-state index < -0.39 is 0 Å². The van der Waals surface area contributed by atoms with Crippen molar-refractivity contribution in [2.45, 2.75) is 20.3 Å². The van der Waals surface area contributed by atoms with Gasteiger partial charge < -0.3 is 15.3 Å². The number of carbonyl (C=O) groups is 1. The van der Waals surface area contributed by atoms with Crippen molar-refractivity contribution in [3.05, 3.63) is 76.9 Å². The first-order valence-corrected chi connectivity index (χ1v) is 9.32. The van der Waals surface area contributed by atoms with Crippen LogP contribution in [0, 0.1) is 19.7 Å². The molecular formula is C23H22FN3O. The van der Waals surface area contributed by atoms with E-state index in [1.54, 1.807) is 12.1 Å². The van der Waals surface area contributed by atoms with Crippen molar-refractivity contribution in [1.29, 1.82) is 0 Å². The lowest BCUT2D eigenvalue weighted by Gasteiger charge is -2.05. The summed E-state index contributed by atoms with van der Waals surface area (Å²) in [6.07, 6.45) is 5.87. The topological polar surface area (TPSA) is 60.7 Å². The molecule has 0 bridgehead atoms. The van der Waals surface area contributed by atoms with Gasteiger partial charge in [-0.2, -0.15) is 0 Å². The Bertz CT molecular complexity index is 1200. The summed E-state index contributed by atoms with van der Waals surface area (Å²) in [5.41, 5.74) is 5.56. The molecule has 4 aromatic rings. The van der Waals surface area contributed by atoms with Crippen LogP contribution in [0.5, 0.6) is 0 Å². The fraction of sp³-hybridized carbons (Fsp3) is 0.174. The standard InChI is InChI=1S/C23H22FN3O/c1-14-3-7-19(24)23-22(14)18(15(2)27-23)10-12-26-21(28)8-5-16-4-6-17-9-11-25-20(17)13-16/h3-9,11,13,25,27H,10,12H2,1-2H3,(H,26,28). The van der Waals surface area contributed by atoms with Crippen LogP contribution in [-0.4, -0.2) is 22.4 Å². The first-order valence-electron chi connectivity index (χ1n) is 9.32. The van der Waals surface area contributed by atoms with Crippen LogP contribution in [-0.2, 0) is 11.2 Å². The number of rotatable bonds is 5. The van der Waals surface area contributed by atoms with Crippen LogP contribution >= 0.6 is 0 Å². The smallest absolute Gasteiger partial charge is 0.244 e. The van der Waals surface area contributed by atoms with Crippen molar-refractivity contribution in [2.24, 2.45) is 0 Å². The summed E-state index contributed by atoms with van der Waals surface area (Å²) >= 11 is 0. The minimum atomic E-state index is -0.249. The maximum atomic E-state index is 14.0. The van der Waals surface area contributed by atoms with Crippen LogP contribution < -0.4 is 5.32 Å². The minimum Gasteiger partial charge on any atom is -0.361 e. The Morgan fingerprint density at radius 3 is 2.89 bits per heavy atom. The Morgan fingerprint density at radius 1 is 1.18 bits per heavy atom. The number of carbonyl (C=O) groups excluding carboxylic acids is 1. The van der Waals surface area contributed by atoms with E-state index >= 15 is 0 Å². The molecule has 0 unspecified atom stereocenters. The van der Waals surface area contributed by atoms with Crippen LogP contribution in [0.1, 0.15) is 22.4 Å². The van der Waals surface area contributed by atoms with E-state index in [4.69, 9.17) is 0 Å². The molecular weight excluding hydrogens is 353 g/mol. The SMILES string of the molecule is Cc1[nH]c2c(F)ccc(C)c2c1CCNC(=O)C=Cc1ccc2cc[nH]c2c1. The van der Waals surface area contributed by atoms with E-state index in [9.17, 15) is 9.18 Å². The minimum absolute atomic E-state index is 0.146. The first kappa shape index (κ1) is 18.0. The van der Waals surface area contributed by atoms with Crippen molar-refractivity contribution >= 4 is 33.8 Å². The highest BCUT2D eigenvalue weighted by molar-refractivity contribution is 5.93. The number of amides is 1. The molecule has 0 aliphatic heterocycles. The predicted molar refractivity (Wildman–Crippen MR) is 112 cm³/mol. The lowest BCUT2D eigenvalue weighted by Crippen LogP contribution is -2.23. The van der Waals surface area contributed by atoms with E-state index in [0.29, 0.717) is 18.5 Å². The van der Waals surface area contributed by atoms with Gasteiger partial charge in [-0.15, -0.1) is 0 Å². The molecule has 2 heterocycles. The van der Waals surface area contributed by atoms with Gasteiger partial charge in [0.25, 0.3) is 0 Å². The number of halogens is 1. The van der Waals surface area contributed by atoms with E-state index in [-0.39, 0.29) is 11.7 Å². The van der Waals surface area contributed by atoms with Crippen molar-refractivity contribution in [3.8, 4) is 0 Å². The van der Waals surface area contributed by atoms with Crippen molar-refractivity contribution in [3.63, 3.8) is 0 Å². The van der Waals surface area contributed by atoms with Gasteiger partial charge in [0.2, 0.25) is 5.91 Å². The van der Waals surface area contributed by atoms with Gasteiger partial charge in [0, 0.05) is 35.4 Å². The maximum absolute atomic E-state index is 14.0. The summed E-state index contributed by atoms with van der Waals surface area (Å²) in [4.78, 5) is 18.4. The third-order valence-corrected chi connectivity index (χ3v) is 5.11. The molecule has 142 valence electrons. The zero-order valence-electron chi connectivity index (χ0n) is 15.9. The number of nitrogens with one attached hydrogen (secondary N) is 3. The number of aromatic nitrogens is 2. The Kier molecular flexibility index (Phi) is 4.74. The van der Waals surface area contributed by atoms with E-state index in [1.807, 2.05) is 44.3 Å². The molecule has 0 aliphatic carbocycles. The van der Waals surface area contributed by atoms with Gasteiger partial charge in [0.15, 0.2) is 0 Å². The molecule has 2 aromatic carbocycles. The number of aryl methyl sites for hydroxylation is 2. The zero-order valence-corrected chi connectivity index (χ0v) is 15.9. The van der Waals surface area contributed by atoms with Gasteiger partial charge in [-0.3, -0.25) is 4.79 Å². The molecule has 4 rings (SSSR count). The molecule has 0 radical (unpaired) electrons. The normalized spacial score (nSPS) is 11.7. The molecule has 28 heavy (non-hydrogen) atoms. The molecule has 3 N–H and O–H groups in total. The fourth-order valence-electron chi connectivity index (χ4n) is 3.67. The molecule has 0 saturated carbocycles. The van der Waals surface area contributed by atoms with Gasteiger partial charge in [0.05, 0.1) is 5.52 Å². The Balaban J connectivity index is 1.41. The number of fused-ring (bicyclic) bond motifs is 2. The third kappa shape index (κ3) is 3.43. The van der Waals surface area contributed by atoms with E-state index in [1.165, 1.54) is 12.1 Å². The summed E-state index contributed by atoms with van der Waals surface area (Å²) in [6, 6.07) is 11.3. The number of hydrogen-bond acceptors (Lipinski definition) is 1. The quantitative estimate of drug-likeness (QED) is 0.432. The number of aromatic amines is 2. The summed E-state index contributed by atoms with van der Waals surface area (Å²) in [6.45, 7) is 4.40. The van der Waals surface area contributed by atoms with Gasteiger partial charge >= 0.3 is 0 Å². The third-order valence-electron chi connectivity index (χ3n) is 5.11. The average molecular weight is 375 g/mol. The lowest BCUT2D eigenvalue weighted by atomic mass is 10.0. The number of H-pyrrole nitrogens is 2. The van der Waals surface area contributed by atoms with Gasteiger partial charge in [0.1, 0.15) is 5.82 Å². The fourth-order valence-corrected chi connectivity index (χ4v) is 3.67. The Labute approximate surface area is 162 Å². The molecule has 0 aliphatic rings. The van der Waals surface area contributed by atoms with Crippen molar-refractivity contribution in [1.82, 2.24) is 15.3 Å². The van der Waals surface area contributed by atoms with Crippen LogP contribution in [0.2, 0.25) is 0 Å². The maximum Gasteiger partial charge on any atom is 0.244 e. The highest BCUT2D eigenvalue weighted by atomic mass is 19.1. The lowest BCUT2D eigenvalue weighted by molar-refractivity contribution is -0.116. The second kappa shape index (κ2) is 7.35. The van der Waals surface area contributed by atoms with Crippen LogP contribution in [0.4, 0.5) is 4.39 Å². The molecule has 2 aromatic heterocycles. The predicted octanol–water partition coefficient (Wildman–Crippen LogP) is 4.78. The van der Waals surface area contributed by atoms with E-state index in [0.717, 1.165) is 38.7 Å². The molecule has 0 saturated heterocycles. The molecule has 0 spiro atoms. The summed E-state index contributed by atoms with van der Waals surface area (Å²) < 4.78 is 14.0. The van der Waals surface area contributed by atoms with Crippen molar-refractivity contribution < 1.29 is 9.18 Å². The van der Waals surface area contributed by atoms with Crippen molar-refractivity contribution in [2.75, 3.05) is 6.54 Å². The van der Waals surface area contributed by atoms with E-state index in [2.05, 4.69) is 15.3 Å². The van der Waals surface area contributed by atoms with Crippen LogP contribution in [0.25, 0.3) is 27.9 Å². The van der Waals surface area contributed by atoms with Gasteiger partial charge in [-0.05, 0) is 66.6 Å². The largest absolute Gasteiger partial charge is 0.361 e. The Hall–Kier alpha value is -3.34. The Morgan fingerprint density at radius 2 is 2.04 bits per heavy atom. The summed E-state index contributed by atoms with van der Waals surface area (Å²) in [5.74, 6) is -0.395. The summed E-state index contributed by atoms with van der Waals surface area (Å²) in [7, 11) is 0. The van der Waals surface area contributed by atoms with Crippen LogP contribution in [0.15, 0.2) is 48.7 Å². The molecule has 0 fully saturated rings. The average Bonchev–Trinajstić information content (AvgIpc) is 3.28. The zero-order chi connectivity index (χ0) is 19.7. The highest BCUT2D eigenvalue weighted by Crippen LogP contribution is 2.27. The second-order valence-corrected chi connectivity index (χ2v) is 7.04. The van der Waals surface area contributed by atoms with Gasteiger partial charge in [-0.25, -0.2) is 4.39 Å².